The summed E-state index contributed by atoms with van der Waals surface area (Å²) in [6, 6.07) is 0. The second kappa shape index (κ2) is 8.48. The Bertz CT molecular complexity index is 86.3. The van der Waals surface area contributed by atoms with Crippen molar-refractivity contribution in [2.75, 3.05) is 39.5 Å². The zero-order valence-electron chi connectivity index (χ0n) is 9.58. The van der Waals surface area contributed by atoms with Crippen molar-refractivity contribution in [3.8, 4) is 0 Å². The van der Waals surface area contributed by atoms with Gasteiger partial charge in [-0.3, -0.25) is 9.80 Å². The predicted molar refractivity (Wildman–Crippen MR) is 57.7 cm³/mol. The number of nitrogens with zero attached hydrogens (tertiary/aromatic N) is 3. The van der Waals surface area contributed by atoms with Gasteiger partial charge in [-0.25, -0.2) is 5.32 Å². The number of rotatable bonds is 8. The van der Waals surface area contributed by atoms with Crippen molar-refractivity contribution in [1.82, 2.24) is 15.1 Å². The van der Waals surface area contributed by atoms with E-state index < -0.39 is 0 Å². The second-order valence-corrected chi connectivity index (χ2v) is 3.11. The average Bonchev–Trinajstić information content (AvgIpc) is 2.19. The highest BCUT2D eigenvalue weighted by molar-refractivity contribution is 4.52. The van der Waals surface area contributed by atoms with Crippen LogP contribution in [0.15, 0.2) is 0 Å². The summed E-state index contributed by atoms with van der Waals surface area (Å²) in [6.45, 7) is 14.8. The summed E-state index contributed by atoms with van der Waals surface area (Å²) >= 11 is 0. The largest absolute Gasteiger partial charge is 0.290 e. The van der Waals surface area contributed by atoms with Crippen LogP contribution in [-0.2, 0) is 0 Å². The van der Waals surface area contributed by atoms with Gasteiger partial charge in [-0.2, -0.15) is 0 Å². The molecule has 0 aromatic heterocycles. The first-order valence-corrected chi connectivity index (χ1v) is 5.36. The molecular weight excluding hydrogens is 162 g/mol. The Morgan fingerprint density at radius 1 is 0.692 bits per heavy atom. The summed E-state index contributed by atoms with van der Waals surface area (Å²) in [6.07, 6.45) is 0. The summed E-state index contributed by atoms with van der Waals surface area (Å²) in [5.41, 5.74) is 0. The topological polar surface area (TPSA) is 20.6 Å². The molecular formula is C10H24N3. The lowest BCUT2D eigenvalue weighted by Crippen LogP contribution is -2.36. The first kappa shape index (κ1) is 12.9. The Balaban J connectivity index is 3.41. The van der Waals surface area contributed by atoms with Crippen molar-refractivity contribution in [2.45, 2.75) is 27.7 Å². The summed E-state index contributed by atoms with van der Waals surface area (Å²) in [4.78, 5) is 4.65. The van der Waals surface area contributed by atoms with Crippen LogP contribution >= 0.6 is 0 Å². The minimum absolute atomic E-state index is 0.878. The van der Waals surface area contributed by atoms with E-state index in [-0.39, 0.29) is 0 Å². The lowest BCUT2D eigenvalue weighted by molar-refractivity contribution is 0.218. The van der Waals surface area contributed by atoms with Crippen molar-refractivity contribution in [3.05, 3.63) is 0 Å². The standard InChI is InChI=1S/C10H24N3/c1-5-12(6-2)9-11-10-13(7-3)8-4/h5-10H2,1-4H3. The molecule has 0 aromatic carbocycles. The highest BCUT2D eigenvalue weighted by Crippen LogP contribution is 1.87. The van der Waals surface area contributed by atoms with Crippen molar-refractivity contribution in [3.63, 3.8) is 0 Å². The Hall–Kier alpha value is -0.120. The Morgan fingerprint density at radius 3 is 1.23 bits per heavy atom. The molecule has 0 aliphatic rings. The maximum atomic E-state index is 4.51. The maximum Gasteiger partial charge on any atom is 0.0663 e. The molecule has 0 aliphatic heterocycles. The fourth-order valence-corrected chi connectivity index (χ4v) is 1.17. The molecule has 0 N–H and O–H groups in total. The summed E-state index contributed by atoms with van der Waals surface area (Å²) in [7, 11) is 0. The minimum atomic E-state index is 0.878. The molecule has 3 heteroatoms. The first-order valence-electron chi connectivity index (χ1n) is 5.36. The van der Waals surface area contributed by atoms with Gasteiger partial charge in [0.15, 0.2) is 0 Å². The van der Waals surface area contributed by atoms with Gasteiger partial charge in [-0.1, -0.05) is 27.7 Å². The van der Waals surface area contributed by atoms with Crippen LogP contribution in [0.25, 0.3) is 0 Å². The molecule has 0 heterocycles. The van der Waals surface area contributed by atoms with Crippen LogP contribution in [0.4, 0.5) is 0 Å². The van der Waals surface area contributed by atoms with E-state index in [1.54, 1.807) is 0 Å². The molecule has 0 bridgehead atoms. The fraction of sp³-hybridized carbons (Fsp3) is 1.00. The molecule has 0 saturated heterocycles. The molecule has 0 unspecified atom stereocenters. The predicted octanol–water partition coefficient (Wildman–Crippen LogP) is 1.19. The first-order chi connectivity index (χ1) is 6.28. The van der Waals surface area contributed by atoms with E-state index in [1.165, 1.54) is 0 Å². The highest BCUT2D eigenvalue weighted by Gasteiger charge is 2.01. The van der Waals surface area contributed by atoms with Gasteiger partial charge in [0.05, 0.1) is 13.3 Å². The van der Waals surface area contributed by atoms with Gasteiger partial charge in [0.25, 0.3) is 0 Å². The zero-order chi connectivity index (χ0) is 10.1. The van der Waals surface area contributed by atoms with Crippen molar-refractivity contribution in [2.24, 2.45) is 0 Å². The molecule has 1 radical (unpaired) electrons. The third kappa shape index (κ3) is 6.02. The Kier molecular flexibility index (Phi) is 8.40. The molecule has 0 atom stereocenters. The Morgan fingerprint density at radius 2 is 1.00 bits per heavy atom. The van der Waals surface area contributed by atoms with Gasteiger partial charge in [0, 0.05) is 0 Å². The molecule has 13 heavy (non-hydrogen) atoms. The van der Waals surface area contributed by atoms with Crippen LogP contribution in [0.3, 0.4) is 0 Å². The zero-order valence-corrected chi connectivity index (χ0v) is 9.58. The maximum absolute atomic E-state index is 4.51. The van der Waals surface area contributed by atoms with E-state index in [2.05, 4.69) is 42.8 Å². The normalized spacial score (nSPS) is 11.5. The van der Waals surface area contributed by atoms with E-state index in [0.717, 1.165) is 39.5 Å². The van der Waals surface area contributed by atoms with Crippen LogP contribution in [-0.4, -0.2) is 49.3 Å². The molecule has 0 saturated carbocycles. The molecule has 0 aliphatic carbocycles. The smallest absolute Gasteiger partial charge is 0.0663 e. The lowest BCUT2D eigenvalue weighted by atomic mass is 10.5. The van der Waals surface area contributed by atoms with Gasteiger partial charge >= 0.3 is 0 Å². The summed E-state index contributed by atoms with van der Waals surface area (Å²) in [5, 5.41) is 4.51. The van der Waals surface area contributed by atoms with Crippen LogP contribution < -0.4 is 5.32 Å². The summed E-state index contributed by atoms with van der Waals surface area (Å²) < 4.78 is 0. The molecule has 0 fully saturated rings. The van der Waals surface area contributed by atoms with Gasteiger partial charge in [-0.05, 0) is 26.2 Å². The summed E-state index contributed by atoms with van der Waals surface area (Å²) in [5.74, 6) is 0. The quantitative estimate of drug-likeness (QED) is 0.567. The van der Waals surface area contributed by atoms with Gasteiger partial charge in [0.1, 0.15) is 0 Å². The van der Waals surface area contributed by atoms with Crippen LogP contribution in [0.5, 0.6) is 0 Å². The molecule has 0 spiro atoms. The number of hydrogen-bond donors (Lipinski definition) is 0. The van der Waals surface area contributed by atoms with Gasteiger partial charge in [0.2, 0.25) is 0 Å². The van der Waals surface area contributed by atoms with Crippen molar-refractivity contribution < 1.29 is 0 Å². The van der Waals surface area contributed by atoms with E-state index >= 15 is 0 Å². The third-order valence-corrected chi connectivity index (χ3v) is 2.39. The van der Waals surface area contributed by atoms with Gasteiger partial charge < -0.3 is 0 Å². The van der Waals surface area contributed by atoms with Crippen molar-refractivity contribution in [1.29, 1.82) is 0 Å². The highest BCUT2D eigenvalue weighted by atomic mass is 15.3. The molecule has 0 aromatic rings. The molecule has 79 valence electrons. The van der Waals surface area contributed by atoms with Crippen LogP contribution in [0, 0.1) is 0 Å². The van der Waals surface area contributed by atoms with E-state index in [9.17, 15) is 0 Å². The molecule has 0 rings (SSSR count). The van der Waals surface area contributed by atoms with Crippen LogP contribution in [0.2, 0.25) is 0 Å². The SMILES string of the molecule is CCN(CC)C[N]CN(CC)CC. The van der Waals surface area contributed by atoms with Gasteiger partial charge in [-0.15, -0.1) is 0 Å². The van der Waals surface area contributed by atoms with E-state index in [4.69, 9.17) is 0 Å². The second-order valence-electron chi connectivity index (χ2n) is 3.11. The molecule has 3 nitrogen and oxygen atoms in total. The monoisotopic (exact) mass is 186 g/mol. The minimum Gasteiger partial charge on any atom is -0.290 e. The lowest BCUT2D eigenvalue weighted by Gasteiger charge is -2.21. The van der Waals surface area contributed by atoms with Crippen molar-refractivity contribution >= 4 is 0 Å². The van der Waals surface area contributed by atoms with Crippen LogP contribution in [0.1, 0.15) is 27.7 Å². The van der Waals surface area contributed by atoms with E-state index in [1.807, 2.05) is 0 Å². The molecule has 0 amide bonds. The third-order valence-electron chi connectivity index (χ3n) is 2.39. The fourth-order valence-electron chi connectivity index (χ4n) is 1.17. The van der Waals surface area contributed by atoms with E-state index in [0.29, 0.717) is 0 Å². The number of hydrogen-bond acceptors (Lipinski definition) is 2. The average molecular weight is 186 g/mol. The Labute approximate surface area is 83.1 Å².